The van der Waals surface area contributed by atoms with Crippen LogP contribution in [0.25, 0.3) is 0 Å². The van der Waals surface area contributed by atoms with Crippen LogP contribution in [-0.4, -0.2) is 14.1 Å². The quantitative estimate of drug-likeness (QED) is 0.872. The molecule has 1 N–H and O–H groups in total. The van der Waals surface area contributed by atoms with E-state index in [2.05, 4.69) is 16.0 Å². The average Bonchev–Trinajstić information content (AvgIpc) is 2.54. The Morgan fingerprint density at radius 1 is 1.05 bits per heavy atom. The van der Waals surface area contributed by atoms with Gasteiger partial charge in [0.15, 0.2) is 0 Å². The van der Waals surface area contributed by atoms with E-state index in [9.17, 15) is 8.42 Å². The molecular formula is C16H20N2O2S. The Balaban J connectivity index is 1.75. The molecule has 0 unspecified atom stereocenters. The molecular weight excluding hydrogens is 284 g/mol. The molecule has 1 fully saturated rings. The maximum Gasteiger partial charge on any atom is 0.276 e. The van der Waals surface area contributed by atoms with E-state index < -0.39 is 10.0 Å². The van der Waals surface area contributed by atoms with Crippen molar-refractivity contribution in [2.75, 3.05) is 0 Å². The van der Waals surface area contributed by atoms with Gasteiger partial charge in [-0.25, -0.2) is 0 Å². The summed E-state index contributed by atoms with van der Waals surface area (Å²) in [5.41, 5.74) is 2.30. The van der Waals surface area contributed by atoms with Crippen LogP contribution in [0.1, 0.15) is 38.5 Å². The van der Waals surface area contributed by atoms with E-state index in [-0.39, 0.29) is 4.90 Å². The average molecular weight is 304 g/mol. The fourth-order valence-electron chi connectivity index (χ4n) is 3.10. The van der Waals surface area contributed by atoms with E-state index in [1.165, 1.54) is 24.8 Å². The molecule has 5 heteroatoms. The lowest BCUT2D eigenvalue weighted by molar-refractivity contribution is 0.428. The first-order valence-electron chi connectivity index (χ1n) is 7.49. The van der Waals surface area contributed by atoms with Gasteiger partial charge in [0.2, 0.25) is 0 Å². The smallest absolute Gasteiger partial charge is 0.200 e. The van der Waals surface area contributed by atoms with Crippen molar-refractivity contribution in [2.24, 2.45) is 11.0 Å². The largest absolute Gasteiger partial charge is 0.276 e. The number of allylic oxidation sites excluding steroid dienone is 2. The fourth-order valence-corrected chi connectivity index (χ4v) is 3.95. The first-order chi connectivity index (χ1) is 10.1. The van der Waals surface area contributed by atoms with Gasteiger partial charge in [-0.1, -0.05) is 30.2 Å². The van der Waals surface area contributed by atoms with Gasteiger partial charge < -0.3 is 0 Å². The van der Waals surface area contributed by atoms with Gasteiger partial charge in [-0.15, -0.1) is 0 Å². The zero-order valence-electron chi connectivity index (χ0n) is 12.0. The molecule has 2 aliphatic rings. The Morgan fingerprint density at radius 3 is 2.67 bits per heavy atom. The van der Waals surface area contributed by atoms with E-state index in [4.69, 9.17) is 0 Å². The molecule has 2 aliphatic carbocycles. The second-order valence-corrected chi connectivity index (χ2v) is 7.37. The number of hydrogen-bond acceptors (Lipinski definition) is 3. The van der Waals surface area contributed by atoms with Crippen LogP contribution in [0.3, 0.4) is 0 Å². The SMILES string of the molecule is O=S(=O)(N/N=C1\C=C2CCCC[C@@H]2CC1)c1ccccc1. The van der Waals surface area contributed by atoms with Gasteiger partial charge in [0, 0.05) is 0 Å². The Bertz CT molecular complexity index is 663. The number of sulfonamides is 1. The maximum absolute atomic E-state index is 12.1. The first-order valence-corrected chi connectivity index (χ1v) is 8.97. The van der Waals surface area contributed by atoms with Crippen LogP contribution in [-0.2, 0) is 10.0 Å². The Labute approximate surface area is 126 Å². The topological polar surface area (TPSA) is 58.5 Å². The molecule has 112 valence electrons. The third kappa shape index (κ3) is 3.35. The minimum Gasteiger partial charge on any atom is -0.200 e. The second kappa shape index (κ2) is 6.02. The number of nitrogens with zero attached hydrogens (tertiary/aromatic N) is 1. The molecule has 0 bridgehead atoms. The summed E-state index contributed by atoms with van der Waals surface area (Å²) < 4.78 is 24.2. The number of benzene rings is 1. The van der Waals surface area contributed by atoms with Crippen molar-refractivity contribution in [2.45, 2.75) is 43.4 Å². The van der Waals surface area contributed by atoms with Crippen molar-refractivity contribution in [1.29, 1.82) is 0 Å². The minimum atomic E-state index is -3.56. The third-order valence-electron chi connectivity index (χ3n) is 4.26. The number of hydrazone groups is 1. The molecule has 21 heavy (non-hydrogen) atoms. The molecule has 1 saturated carbocycles. The van der Waals surface area contributed by atoms with E-state index >= 15 is 0 Å². The number of nitrogens with one attached hydrogen (secondary N) is 1. The predicted octanol–water partition coefficient (Wildman–Crippen LogP) is 3.23. The van der Waals surface area contributed by atoms with Crippen molar-refractivity contribution in [1.82, 2.24) is 4.83 Å². The van der Waals surface area contributed by atoms with Crippen molar-refractivity contribution < 1.29 is 8.42 Å². The van der Waals surface area contributed by atoms with Gasteiger partial charge in [0.05, 0.1) is 10.6 Å². The van der Waals surface area contributed by atoms with Gasteiger partial charge in [-0.05, 0) is 56.2 Å². The standard InChI is InChI=1S/C16H20N2O2S/c19-21(20,16-8-2-1-3-9-16)18-17-15-11-10-13-6-4-5-7-14(13)12-15/h1-3,8-9,12-13,18H,4-7,10-11H2/b17-15-/t13-/m1/s1. The Hall–Kier alpha value is -1.62. The van der Waals surface area contributed by atoms with Gasteiger partial charge in [0.25, 0.3) is 10.0 Å². The molecule has 0 aromatic heterocycles. The molecule has 4 nitrogen and oxygen atoms in total. The summed E-state index contributed by atoms with van der Waals surface area (Å²) in [6, 6.07) is 8.34. The van der Waals surface area contributed by atoms with Crippen LogP contribution in [0.2, 0.25) is 0 Å². The van der Waals surface area contributed by atoms with E-state index in [0.717, 1.165) is 25.0 Å². The van der Waals surface area contributed by atoms with Crippen molar-refractivity contribution in [3.63, 3.8) is 0 Å². The lowest BCUT2D eigenvalue weighted by Crippen LogP contribution is -2.23. The molecule has 0 amide bonds. The third-order valence-corrected chi connectivity index (χ3v) is 5.48. The summed E-state index contributed by atoms with van der Waals surface area (Å²) in [6.45, 7) is 0. The Morgan fingerprint density at radius 2 is 1.86 bits per heavy atom. The summed E-state index contributed by atoms with van der Waals surface area (Å²) in [7, 11) is -3.56. The normalized spacial score (nSPS) is 24.3. The van der Waals surface area contributed by atoms with Gasteiger partial charge in [0.1, 0.15) is 0 Å². The molecule has 0 saturated heterocycles. The predicted molar refractivity (Wildman–Crippen MR) is 83.5 cm³/mol. The van der Waals surface area contributed by atoms with Crippen LogP contribution >= 0.6 is 0 Å². The Kier molecular flexibility index (Phi) is 4.10. The lowest BCUT2D eigenvalue weighted by Gasteiger charge is -2.29. The summed E-state index contributed by atoms with van der Waals surface area (Å²) in [5.74, 6) is 0.698. The highest BCUT2D eigenvalue weighted by Crippen LogP contribution is 2.35. The van der Waals surface area contributed by atoms with E-state index in [0.29, 0.717) is 5.92 Å². The zero-order chi connectivity index (χ0) is 14.7. The van der Waals surface area contributed by atoms with Crippen molar-refractivity contribution in [3.8, 4) is 0 Å². The maximum atomic E-state index is 12.1. The molecule has 0 heterocycles. The molecule has 1 aromatic carbocycles. The van der Waals surface area contributed by atoms with E-state index in [1.54, 1.807) is 30.3 Å². The number of hydrogen-bond donors (Lipinski definition) is 1. The van der Waals surface area contributed by atoms with Crippen LogP contribution < -0.4 is 4.83 Å². The van der Waals surface area contributed by atoms with Crippen LogP contribution in [0.15, 0.2) is 52.0 Å². The number of rotatable bonds is 3. The molecule has 1 atom stereocenters. The van der Waals surface area contributed by atoms with Crippen LogP contribution in [0.5, 0.6) is 0 Å². The highest BCUT2D eigenvalue weighted by atomic mass is 32.2. The fraction of sp³-hybridized carbons (Fsp3) is 0.438. The molecule has 0 aliphatic heterocycles. The molecule has 3 rings (SSSR count). The van der Waals surface area contributed by atoms with Crippen molar-refractivity contribution in [3.05, 3.63) is 42.0 Å². The van der Waals surface area contributed by atoms with E-state index in [1.807, 2.05) is 0 Å². The minimum absolute atomic E-state index is 0.244. The molecule has 0 radical (unpaired) electrons. The highest BCUT2D eigenvalue weighted by Gasteiger charge is 2.23. The summed E-state index contributed by atoms with van der Waals surface area (Å²) in [5, 5.41) is 4.12. The van der Waals surface area contributed by atoms with Crippen LogP contribution in [0, 0.1) is 5.92 Å². The van der Waals surface area contributed by atoms with Gasteiger partial charge in [-0.3, -0.25) is 0 Å². The molecule has 1 aromatic rings. The highest BCUT2D eigenvalue weighted by molar-refractivity contribution is 7.89. The number of fused-ring (bicyclic) bond motifs is 1. The summed E-state index contributed by atoms with van der Waals surface area (Å²) in [4.78, 5) is 2.60. The zero-order valence-corrected chi connectivity index (χ0v) is 12.8. The second-order valence-electron chi connectivity index (χ2n) is 5.71. The van der Waals surface area contributed by atoms with Gasteiger partial charge in [-0.2, -0.15) is 18.4 Å². The molecule has 0 spiro atoms. The summed E-state index contributed by atoms with van der Waals surface area (Å²) >= 11 is 0. The summed E-state index contributed by atoms with van der Waals surface area (Å²) in [6.07, 6.45) is 9.01. The van der Waals surface area contributed by atoms with Crippen molar-refractivity contribution >= 4 is 15.7 Å². The lowest BCUT2D eigenvalue weighted by atomic mass is 9.77. The first kappa shape index (κ1) is 14.3. The van der Waals surface area contributed by atoms with Crippen LogP contribution in [0.4, 0.5) is 0 Å². The van der Waals surface area contributed by atoms with Gasteiger partial charge >= 0.3 is 0 Å². The monoisotopic (exact) mass is 304 g/mol.